The van der Waals surface area contributed by atoms with Crippen molar-refractivity contribution in [3.63, 3.8) is 0 Å². The van der Waals surface area contributed by atoms with E-state index in [4.69, 9.17) is 21.6 Å². The van der Waals surface area contributed by atoms with E-state index in [2.05, 4.69) is 6.07 Å². The average Bonchev–Trinajstić information content (AvgIpc) is 2.11. The molecule has 68 valence electrons. The Morgan fingerprint density at radius 2 is 2.23 bits per heavy atom. The lowest BCUT2D eigenvalue weighted by molar-refractivity contribution is 0.340. The number of ether oxygens (including phenoxy) is 1. The Balaban J connectivity index is 3.16. The Kier molecular flexibility index (Phi) is 3.16. The van der Waals surface area contributed by atoms with E-state index in [-0.39, 0.29) is 0 Å². The van der Waals surface area contributed by atoms with Crippen molar-refractivity contribution in [2.24, 2.45) is 0 Å². The maximum Gasteiger partial charge on any atom is 0.122 e. The number of benzene rings is 1. The largest absolute Gasteiger partial charge is 0.494 e. The summed E-state index contributed by atoms with van der Waals surface area (Å²) in [4.78, 5) is 0. The molecule has 0 spiro atoms. The molecule has 13 heavy (non-hydrogen) atoms. The molecule has 0 aliphatic heterocycles. The molecule has 0 radical (unpaired) electrons. The molecule has 3 heteroatoms. The summed E-state index contributed by atoms with van der Waals surface area (Å²) in [5, 5.41) is 9.34. The van der Waals surface area contributed by atoms with Crippen molar-refractivity contribution in [3.05, 3.63) is 28.3 Å². The fourth-order valence-electron chi connectivity index (χ4n) is 1.02. The van der Waals surface area contributed by atoms with Crippen LogP contribution in [0.1, 0.15) is 18.1 Å². The van der Waals surface area contributed by atoms with Crippen LogP contribution >= 0.6 is 11.6 Å². The molecule has 1 aromatic rings. The van der Waals surface area contributed by atoms with Crippen molar-refractivity contribution in [2.45, 2.75) is 13.8 Å². The summed E-state index contributed by atoms with van der Waals surface area (Å²) in [6.45, 7) is 4.28. The maximum absolute atomic E-state index is 8.77. The van der Waals surface area contributed by atoms with Crippen molar-refractivity contribution in [1.82, 2.24) is 0 Å². The summed E-state index contributed by atoms with van der Waals surface area (Å²) in [5.74, 6) is 0.648. The minimum atomic E-state index is 0.566. The molecule has 2 nitrogen and oxygen atoms in total. The van der Waals surface area contributed by atoms with Crippen LogP contribution in [0.4, 0.5) is 0 Å². The lowest BCUT2D eigenvalue weighted by Gasteiger charge is -2.06. The molecular weight excluding hydrogens is 186 g/mol. The van der Waals surface area contributed by atoms with E-state index in [0.29, 0.717) is 22.9 Å². The zero-order chi connectivity index (χ0) is 9.84. The van der Waals surface area contributed by atoms with E-state index in [9.17, 15) is 0 Å². The average molecular weight is 196 g/mol. The lowest BCUT2D eigenvalue weighted by atomic mass is 10.1. The van der Waals surface area contributed by atoms with Gasteiger partial charge in [0.25, 0.3) is 0 Å². The van der Waals surface area contributed by atoms with Gasteiger partial charge >= 0.3 is 0 Å². The monoisotopic (exact) mass is 195 g/mol. The van der Waals surface area contributed by atoms with Gasteiger partial charge in [0.1, 0.15) is 5.75 Å². The van der Waals surface area contributed by atoms with Crippen LogP contribution in [0.15, 0.2) is 12.1 Å². The molecule has 0 atom stereocenters. The van der Waals surface area contributed by atoms with Crippen LogP contribution in [0.5, 0.6) is 5.75 Å². The summed E-state index contributed by atoms with van der Waals surface area (Å²) in [7, 11) is 0. The second-order valence-electron chi connectivity index (χ2n) is 2.62. The van der Waals surface area contributed by atoms with Crippen LogP contribution in [0, 0.1) is 18.3 Å². The van der Waals surface area contributed by atoms with Crippen LogP contribution in [0.3, 0.4) is 0 Å². The summed E-state index contributed by atoms with van der Waals surface area (Å²) in [6.07, 6.45) is 0. The maximum atomic E-state index is 8.77. The van der Waals surface area contributed by atoms with Crippen LogP contribution in [-0.4, -0.2) is 6.61 Å². The Morgan fingerprint density at radius 1 is 1.54 bits per heavy atom. The zero-order valence-electron chi connectivity index (χ0n) is 7.60. The van der Waals surface area contributed by atoms with Crippen LogP contribution in [-0.2, 0) is 0 Å². The third kappa shape index (κ3) is 2.13. The van der Waals surface area contributed by atoms with Gasteiger partial charge in [-0.15, -0.1) is 0 Å². The predicted octanol–water partition coefficient (Wildman–Crippen LogP) is 2.92. The van der Waals surface area contributed by atoms with E-state index in [1.807, 2.05) is 13.8 Å². The Bertz CT molecular complexity index is 355. The Morgan fingerprint density at radius 3 is 2.77 bits per heavy atom. The number of hydrogen-bond donors (Lipinski definition) is 0. The smallest absolute Gasteiger partial charge is 0.122 e. The van der Waals surface area contributed by atoms with Crippen molar-refractivity contribution < 1.29 is 4.74 Å². The normalized spacial score (nSPS) is 9.38. The van der Waals surface area contributed by atoms with E-state index >= 15 is 0 Å². The molecule has 0 saturated heterocycles. The zero-order valence-corrected chi connectivity index (χ0v) is 8.35. The first-order valence-electron chi connectivity index (χ1n) is 4.02. The van der Waals surface area contributed by atoms with Gasteiger partial charge in [0.15, 0.2) is 0 Å². The molecule has 0 aliphatic rings. The van der Waals surface area contributed by atoms with Crippen LogP contribution < -0.4 is 4.74 Å². The van der Waals surface area contributed by atoms with E-state index in [1.165, 1.54) is 0 Å². The quantitative estimate of drug-likeness (QED) is 0.727. The van der Waals surface area contributed by atoms with Crippen LogP contribution in [0.25, 0.3) is 0 Å². The van der Waals surface area contributed by atoms with Crippen LogP contribution in [0.2, 0.25) is 5.02 Å². The molecular formula is C10H10ClNO. The first kappa shape index (κ1) is 9.88. The van der Waals surface area contributed by atoms with Crippen molar-refractivity contribution in [3.8, 4) is 11.8 Å². The van der Waals surface area contributed by atoms with Gasteiger partial charge in [-0.2, -0.15) is 5.26 Å². The highest BCUT2D eigenvalue weighted by molar-refractivity contribution is 6.31. The number of hydrogen-bond acceptors (Lipinski definition) is 2. The second-order valence-corrected chi connectivity index (χ2v) is 3.03. The summed E-state index contributed by atoms with van der Waals surface area (Å²) in [6, 6.07) is 5.49. The van der Waals surface area contributed by atoms with E-state index in [1.54, 1.807) is 12.1 Å². The molecule has 0 amide bonds. The summed E-state index contributed by atoms with van der Waals surface area (Å²) < 4.78 is 5.25. The SMILES string of the molecule is CCOc1cc(Cl)c(C)c(C#N)c1. The Hall–Kier alpha value is -1.20. The minimum absolute atomic E-state index is 0.566. The molecule has 0 N–H and O–H groups in total. The van der Waals surface area contributed by atoms with Gasteiger partial charge in [-0.1, -0.05) is 11.6 Å². The van der Waals surface area contributed by atoms with Crippen molar-refractivity contribution in [1.29, 1.82) is 5.26 Å². The first-order chi connectivity index (χ1) is 6.19. The van der Waals surface area contributed by atoms with Gasteiger partial charge in [0.05, 0.1) is 18.2 Å². The number of nitrogens with zero attached hydrogens (tertiary/aromatic N) is 1. The first-order valence-corrected chi connectivity index (χ1v) is 4.40. The minimum Gasteiger partial charge on any atom is -0.494 e. The molecule has 0 fully saturated rings. The predicted molar refractivity (Wildman–Crippen MR) is 52.1 cm³/mol. The second kappa shape index (κ2) is 4.15. The summed E-state index contributed by atoms with van der Waals surface area (Å²) in [5.41, 5.74) is 1.36. The third-order valence-electron chi connectivity index (χ3n) is 1.75. The standard InChI is InChI=1S/C10H10ClNO/c1-3-13-9-4-8(6-12)7(2)10(11)5-9/h4-5H,3H2,1-2H3. The highest BCUT2D eigenvalue weighted by Gasteiger charge is 2.05. The lowest BCUT2D eigenvalue weighted by Crippen LogP contribution is -1.93. The number of halogens is 1. The van der Waals surface area contributed by atoms with Gasteiger partial charge in [0.2, 0.25) is 0 Å². The highest BCUT2D eigenvalue weighted by Crippen LogP contribution is 2.25. The molecule has 0 bridgehead atoms. The van der Waals surface area contributed by atoms with E-state index < -0.39 is 0 Å². The van der Waals surface area contributed by atoms with Gasteiger partial charge in [0, 0.05) is 5.02 Å². The van der Waals surface area contributed by atoms with Gasteiger partial charge in [-0.3, -0.25) is 0 Å². The molecule has 0 heterocycles. The topological polar surface area (TPSA) is 33.0 Å². The molecule has 0 saturated carbocycles. The molecule has 0 unspecified atom stereocenters. The molecule has 0 aromatic heterocycles. The third-order valence-corrected chi connectivity index (χ3v) is 2.14. The van der Waals surface area contributed by atoms with Gasteiger partial charge in [-0.05, 0) is 31.5 Å². The summed E-state index contributed by atoms with van der Waals surface area (Å²) >= 11 is 5.90. The molecule has 0 aliphatic carbocycles. The Labute approximate surface area is 82.7 Å². The molecule has 1 rings (SSSR count). The van der Waals surface area contributed by atoms with Crippen molar-refractivity contribution >= 4 is 11.6 Å². The number of rotatable bonds is 2. The van der Waals surface area contributed by atoms with Gasteiger partial charge < -0.3 is 4.74 Å². The van der Waals surface area contributed by atoms with Gasteiger partial charge in [-0.25, -0.2) is 0 Å². The van der Waals surface area contributed by atoms with E-state index in [0.717, 1.165) is 5.56 Å². The fraction of sp³-hybridized carbons (Fsp3) is 0.300. The van der Waals surface area contributed by atoms with Crippen molar-refractivity contribution in [2.75, 3.05) is 6.61 Å². The fourth-order valence-corrected chi connectivity index (χ4v) is 1.23. The number of nitriles is 1. The molecule has 1 aromatic carbocycles. The highest BCUT2D eigenvalue weighted by atomic mass is 35.5.